The molecular formula is C8H12N2O2S2. The molecule has 1 rings (SSSR count). The Labute approximate surface area is 90.9 Å². The van der Waals surface area contributed by atoms with Crippen molar-refractivity contribution in [2.75, 3.05) is 18.6 Å². The number of nitrogens with two attached hydrogens (primary N) is 1. The number of rotatable bonds is 5. The van der Waals surface area contributed by atoms with Gasteiger partial charge in [0.2, 0.25) is 0 Å². The van der Waals surface area contributed by atoms with E-state index in [2.05, 4.69) is 9.72 Å². The molecule has 14 heavy (non-hydrogen) atoms. The summed E-state index contributed by atoms with van der Waals surface area (Å²) in [6.45, 7) is 0. The van der Waals surface area contributed by atoms with Crippen molar-refractivity contribution in [2.24, 2.45) is 0 Å². The lowest BCUT2D eigenvalue weighted by Gasteiger charge is -1.98. The maximum atomic E-state index is 10.8. The van der Waals surface area contributed by atoms with Gasteiger partial charge in [-0.15, -0.1) is 11.3 Å². The standard InChI is InChI=1S/C8H12N2O2S2/c1-12-7(11)2-3-13-5-6-4-10-8(9)14-6/h4H,2-3,5H2,1H3,(H2,9,10). The first-order valence-corrected chi connectivity index (χ1v) is 6.04. The molecule has 0 spiro atoms. The number of methoxy groups -OCH3 is 1. The van der Waals surface area contributed by atoms with Crippen molar-refractivity contribution in [1.29, 1.82) is 0 Å². The van der Waals surface area contributed by atoms with Crippen molar-refractivity contribution in [3.05, 3.63) is 11.1 Å². The molecular weight excluding hydrogens is 220 g/mol. The van der Waals surface area contributed by atoms with E-state index in [1.165, 1.54) is 18.4 Å². The van der Waals surface area contributed by atoms with Gasteiger partial charge in [0.1, 0.15) is 0 Å². The third-order valence-corrected chi connectivity index (χ3v) is 3.51. The van der Waals surface area contributed by atoms with Crippen molar-refractivity contribution in [1.82, 2.24) is 4.98 Å². The predicted molar refractivity (Wildman–Crippen MR) is 59.3 cm³/mol. The number of esters is 1. The molecule has 0 saturated carbocycles. The zero-order chi connectivity index (χ0) is 10.4. The second kappa shape index (κ2) is 5.87. The van der Waals surface area contributed by atoms with Gasteiger partial charge in [0, 0.05) is 22.6 Å². The Bertz CT molecular complexity index is 301. The van der Waals surface area contributed by atoms with Crippen LogP contribution in [0.4, 0.5) is 5.13 Å². The molecule has 0 unspecified atom stereocenters. The number of carbonyl (C=O) groups excluding carboxylic acids is 1. The van der Waals surface area contributed by atoms with Gasteiger partial charge < -0.3 is 10.5 Å². The number of thioether (sulfide) groups is 1. The van der Waals surface area contributed by atoms with Crippen LogP contribution in [0.2, 0.25) is 0 Å². The molecule has 4 nitrogen and oxygen atoms in total. The van der Waals surface area contributed by atoms with Crippen LogP contribution in [-0.2, 0) is 15.3 Å². The molecule has 1 aromatic heterocycles. The molecule has 0 aliphatic rings. The zero-order valence-corrected chi connectivity index (χ0v) is 9.49. The topological polar surface area (TPSA) is 65.2 Å². The summed E-state index contributed by atoms with van der Waals surface area (Å²) in [5.41, 5.74) is 5.48. The van der Waals surface area contributed by atoms with E-state index in [4.69, 9.17) is 5.73 Å². The average molecular weight is 232 g/mol. The fourth-order valence-corrected chi connectivity index (χ4v) is 2.52. The van der Waals surface area contributed by atoms with Crippen LogP contribution in [0.25, 0.3) is 0 Å². The van der Waals surface area contributed by atoms with Gasteiger partial charge in [-0.25, -0.2) is 4.98 Å². The normalized spacial score (nSPS) is 10.1. The molecule has 78 valence electrons. The zero-order valence-electron chi connectivity index (χ0n) is 7.86. The molecule has 0 amide bonds. The number of aromatic nitrogens is 1. The van der Waals surface area contributed by atoms with Crippen LogP contribution in [-0.4, -0.2) is 23.8 Å². The maximum absolute atomic E-state index is 10.8. The lowest BCUT2D eigenvalue weighted by Crippen LogP contribution is -2.00. The van der Waals surface area contributed by atoms with Crippen LogP contribution in [0.1, 0.15) is 11.3 Å². The van der Waals surface area contributed by atoms with Crippen molar-refractivity contribution in [3.63, 3.8) is 0 Å². The van der Waals surface area contributed by atoms with Gasteiger partial charge in [-0.3, -0.25) is 4.79 Å². The van der Waals surface area contributed by atoms with Crippen molar-refractivity contribution >= 4 is 34.2 Å². The summed E-state index contributed by atoms with van der Waals surface area (Å²) in [5, 5.41) is 0.591. The van der Waals surface area contributed by atoms with E-state index >= 15 is 0 Å². The van der Waals surface area contributed by atoms with Gasteiger partial charge in [0.25, 0.3) is 0 Å². The van der Waals surface area contributed by atoms with Gasteiger partial charge >= 0.3 is 5.97 Å². The van der Waals surface area contributed by atoms with Crippen molar-refractivity contribution in [2.45, 2.75) is 12.2 Å². The summed E-state index contributed by atoms with van der Waals surface area (Å²) >= 11 is 3.16. The molecule has 0 atom stereocenters. The highest BCUT2D eigenvalue weighted by molar-refractivity contribution is 7.98. The van der Waals surface area contributed by atoms with Crippen LogP contribution in [0.3, 0.4) is 0 Å². The molecule has 2 N–H and O–H groups in total. The fourth-order valence-electron chi connectivity index (χ4n) is 0.820. The molecule has 0 aromatic carbocycles. The highest BCUT2D eigenvalue weighted by atomic mass is 32.2. The minimum absolute atomic E-state index is 0.165. The van der Waals surface area contributed by atoms with E-state index in [1.54, 1.807) is 18.0 Å². The minimum Gasteiger partial charge on any atom is -0.469 e. The number of ether oxygens (including phenoxy) is 1. The Balaban J connectivity index is 2.13. The first-order chi connectivity index (χ1) is 6.72. The van der Waals surface area contributed by atoms with E-state index in [-0.39, 0.29) is 5.97 Å². The number of nitrogens with zero attached hydrogens (tertiary/aromatic N) is 1. The predicted octanol–water partition coefficient (Wildman–Crippen LogP) is 1.52. The molecule has 0 saturated heterocycles. The summed E-state index contributed by atoms with van der Waals surface area (Å²) in [4.78, 5) is 15.8. The van der Waals surface area contributed by atoms with Crippen LogP contribution in [0, 0.1) is 0 Å². The Hall–Kier alpha value is -0.750. The summed E-state index contributed by atoms with van der Waals surface area (Å²) < 4.78 is 4.52. The molecule has 0 aliphatic heterocycles. The number of anilines is 1. The molecule has 0 fully saturated rings. The highest BCUT2D eigenvalue weighted by Gasteiger charge is 2.02. The second-order valence-corrected chi connectivity index (χ2v) is 4.80. The molecule has 0 radical (unpaired) electrons. The largest absolute Gasteiger partial charge is 0.469 e. The minimum atomic E-state index is -0.165. The van der Waals surface area contributed by atoms with Gasteiger partial charge in [0.05, 0.1) is 13.5 Å². The van der Waals surface area contributed by atoms with Crippen LogP contribution in [0.5, 0.6) is 0 Å². The first kappa shape index (κ1) is 11.3. The van der Waals surface area contributed by atoms with Gasteiger partial charge in [-0.2, -0.15) is 11.8 Å². The average Bonchev–Trinajstić information content (AvgIpc) is 2.58. The van der Waals surface area contributed by atoms with Crippen molar-refractivity contribution in [3.8, 4) is 0 Å². The summed E-state index contributed by atoms with van der Waals surface area (Å²) in [5.74, 6) is 1.46. The van der Waals surface area contributed by atoms with Crippen LogP contribution < -0.4 is 5.73 Å². The van der Waals surface area contributed by atoms with Crippen LogP contribution in [0.15, 0.2) is 6.20 Å². The van der Waals surface area contributed by atoms with Gasteiger partial charge in [-0.1, -0.05) is 0 Å². The summed E-state index contributed by atoms with van der Waals surface area (Å²) in [7, 11) is 1.40. The highest BCUT2D eigenvalue weighted by Crippen LogP contribution is 2.20. The smallest absolute Gasteiger partial charge is 0.306 e. The molecule has 0 aliphatic carbocycles. The monoisotopic (exact) mass is 232 g/mol. The second-order valence-electron chi connectivity index (χ2n) is 2.54. The van der Waals surface area contributed by atoms with Gasteiger partial charge in [-0.05, 0) is 0 Å². The number of hydrogen-bond acceptors (Lipinski definition) is 6. The molecule has 6 heteroatoms. The third kappa shape index (κ3) is 3.97. The van der Waals surface area contributed by atoms with Gasteiger partial charge in [0.15, 0.2) is 5.13 Å². The number of hydrogen-bond donors (Lipinski definition) is 1. The third-order valence-electron chi connectivity index (χ3n) is 1.49. The first-order valence-electron chi connectivity index (χ1n) is 4.07. The van der Waals surface area contributed by atoms with E-state index < -0.39 is 0 Å². The number of nitrogen functional groups attached to an aromatic ring is 1. The fraction of sp³-hybridized carbons (Fsp3) is 0.500. The Morgan fingerprint density at radius 2 is 2.57 bits per heavy atom. The lowest BCUT2D eigenvalue weighted by molar-refractivity contribution is -0.140. The molecule has 0 bridgehead atoms. The number of carbonyl (C=O) groups is 1. The number of thiazole rings is 1. The Morgan fingerprint density at radius 1 is 1.79 bits per heavy atom. The quantitative estimate of drug-likeness (QED) is 0.616. The summed E-state index contributed by atoms with van der Waals surface area (Å²) in [6.07, 6.45) is 2.22. The SMILES string of the molecule is COC(=O)CCSCc1cnc(N)s1. The van der Waals surface area contributed by atoms with Crippen LogP contribution >= 0.6 is 23.1 Å². The van der Waals surface area contributed by atoms with E-state index in [0.29, 0.717) is 11.6 Å². The molecule has 1 heterocycles. The maximum Gasteiger partial charge on any atom is 0.306 e. The van der Waals surface area contributed by atoms with E-state index in [1.807, 2.05) is 0 Å². The molecule has 1 aromatic rings. The Morgan fingerprint density at radius 3 is 3.14 bits per heavy atom. The van der Waals surface area contributed by atoms with E-state index in [0.717, 1.165) is 16.4 Å². The lowest BCUT2D eigenvalue weighted by atomic mass is 10.5. The van der Waals surface area contributed by atoms with E-state index in [9.17, 15) is 4.79 Å². The van der Waals surface area contributed by atoms with Crippen molar-refractivity contribution < 1.29 is 9.53 Å². The Kier molecular flexibility index (Phi) is 4.75. The summed E-state index contributed by atoms with van der Waals surface area (Å²) in [6, 6.07) is 0.